The number of amides is 1. The molecule has 7 nitrogen and oxygen atoms in total. The smallest absolute Gasteiger partial charge is 0.246 e. The van der Waals surface area contributed by atoms with Gasteiger partial charge in [-0.15, -0.1) is 0 Å². The number of benzene rings is 1. The third-order valence-corrected chi connectivity index (χ3v) is 7.08. The van der Waals surface area contributed by atoms with Crippen LogP contribution in [0, 0.1) is 13.8 Å². The topological polar surface area (TPSA) is 84.3 Å². The van der Waals surface area contributed by atoms with Gasteiger partial charge in [0.05, 0.1) is 11.4 Å². The summed E-state index contributed by atoms with van der Waals surface area (Å²) in [5.41, 5.74) is 2.77. The Balaban J connectivity index is 2.20. The first-order chi connectivity index (χ1) is 13.1. The zero-order valence-electron chi connectivity index (χ0n) is 17.5. The van der Waals surface area contributed by atoms with Crippen LogP contribution in [0.1, 0.15) is 50.6 Å². The van der Waals surface area contributed by atoms with Crippen molar-refractivity contribution >= 4 is 21.6 Å². The molecule has 28 heavy (non-hydrogen) atoms. The predicted molar refractivity (Wildman–Crippen MR) is 111 cm³/mol. The molecule has 2 aromatic rings. The zero-order valence-corrected chi connectivity index (χ0v) is 18.3. The van der Waals surface area contributed by atoms with Gasteiger partial charge in [0.1, 0.15) is 11.4 Å². The van der Waals surface area contributed by atoms with E-state index in [1.54, 1.807) is 27.7 Å². The lowest BCUT2D eigenvalue weighted by Gasteiger charge is -2.18. The third-order valence-electron chi connectivity index (χ3n) is 4.77. The van der Waals surface area contributed by atoms with Crippen molar-refractivity contribution in [3.63, 3.8) is 0 Å². The second kappa shape index (κ2) is 8.87. The van der Waals surface area contributed by atoms with Crippen LogP contribution in [0.4, 0.5) is 5.69 Å². The molecule has 0 fully saturated rings. The van der Waals surface area contributed by atoms with E-state index in [2.05, 4.69) is 24.3 Å². The monoisotopic (exact) mass is 406 g/mol. The number of carbonyl (C=O) groups excluding carboxylic acids is 1. The van der Waals surface area contributed by atoms with Crippen LogP contribution < -0.4 is 5.32 Å². The molecule has 0 saturated carbocycles. The lowest BCUT2D eigenvalue weighted by molar-refractivity contribution is -0.116. The number of anilines is 1. The Kier molecular flexibility index (Phi) is 7.01. The normalized spacial score (nSPS) is 12.0. The Morgan fingerprint density at radius 2 is 1.71 bits per heavy atom. The van der Waals surface area contributed by atoms with Crippen molar-refractivity contribution < 1.29 is 13.2 Å². The number of rotatable bonds is 8. The summed E-state index contributed by atoms with van der Waals surface area (Å²) in [5, 5.41) is 7.13. The van der Waals surface area contributed by atoms with Gasteiger partial charge >= 0.3 is 0 Å². The fourth-order valence-corrected chi connectivity index (χ4v) is 5.02. The molecule has 0 aliphatic rings. The Labute approximate surface area is 167 Å². The van der Waals surface area contributed by atoms with Gasteiger partial charge in [0.25, 0.3) is 0 Å². The molecule has 0 aliphatic heterocycles. The van der Waals surface area contributed by atoms with Crippen molar-refractivity contribution in [2.24, 2.45) is 0 Å². The molecule has 0 aliphatic carbocycles. The van der Waals surface area contributed by atoms with E-state index >= 15 is 0 Å². The molecular weight excluding hydrogens is 376 g/mol. The molecule has 1 aromatic carbocycles. The quantitative estimate of drug-likeness (QED) is 0.729. The number of sulfonamides is 1. The van der Waals surface area contributed by atoms with Gasteiger partial charge in [-0.25, -0.2) is 8.42 Å². The third kappa shape index (κ3) is 4.62. The van der Waals surface area contributed by atoms with E-state index in [9.17, 15) is 13.2 Å². The highest BCUT2D eigenvalue weighted by Gasteiger charge is 2.29. The number of hydrogen-bond acceptors (Lipinski definition) is 4. The van der Waals surface area contributed by atoms with Gasteiger partial charge in [-0.05, 0) is 37.5 Å². The van der Waals surface area contributed by atoms with E-state index in [1.165, 1.54) is 14.6 Å². The lowest BCUT2D eigenvalue weighted by atomic mass is 10.0. The Hall–Kier alpha value is -2.19. The van der Waals surface area contributed by atoms with E-state index < -0.39 is 10.0 Å². The molecule has 0 spiro atoms. The molecule has 0 unspecified atom stereocenters. The molecule has 0 radical (unpaired) electrons. The van der Waals surface area contributed by atoms with Gasteiger partial charge in [-0.1, -0.05) is 39.8 Å². The van der Waals surface area contributed by atoms with Crippen LogP contribution in [0.3, 0.4) is 0 Å². The van der Waals surface area contributed by atoms with Crippen LogP contribution in [0.5, 0.6) is 0 Å². The largest absolute Gasteiger partial charge is 0.324 e. The summed E-state index contributed by atoms with van der Waals surface area (Å²) >= 11 is 0. The van der Waals surface area contributed by atoms with Gasteiger partial charge in [-0.3, -0.25) is 9.48 Å². The summed E-state index contributed by atoms with van der Waals surface area (Å²) in [6.07, 6.45) is 0. The molecule has 154 valence electrons. The number of nitrogens with one attached hydrogen (secondary N) is 1. The Morgan fingerprint density at radius 1 is 1.14 bits per heavy atom. The van der Waals surface area contributed by atoms with Gasteiger partial charge < -0.3 is 5.32 Å². The highest BCUT2D eigenvalue weighted by Crippen LogP contribution is 2.23. The minimum absolute atomic E-state index is 0.0492. The van der Waals surface area contributed by atoms with Crippen LogP contribution in [0.15, 0.2) is 29.2 Å². The predicted octanol–water partition coefficient (Wildman–Crippen LogP) is 3.29. The molecule has 0 atom stereocenters. The fraction of sp³-hybridized carbons (Fsp3) is 0.500. The van der Waals surface area contributed by atoms with Crippen molar-refractivity contribution in [1.82, 2.24) is 14.1 Å². The van der Waals surface area contributed by atoms with E-state index in [1.807, 2.05) is 24.3 Å². The second-order valence-corrected chi connectivity index (χ2v) is 8.95. The summed E-state index contributed by atoms with van der Waals surface area (Å²) < 4.78 is 28.6. The molecule has 1 aromatic heterocycles. The van der Waals surface area contributed by atoms with E-state index in [0.29, 0.717) is 36.1 Å². The van der Waals surface area contributed by atoms with Gasteiger partial charge in [0, 0.05) is 18.8 Å². The minimum Gasteiger partial charge on any atom is -0.324 e. The number of carbonyl (C=O) groups is 1. The molecule has 1 amide bonds. The first-order valence-electron chi connectivity index (χ1n) is 9.55. The zero-order chi connectivity index (χ0) is 21.1. The number of nitrogens with zero attached hydrogens (tertiary/aromatic N) is 3. The van der Waals surface area contributed by atoms with Gasteiger partial charge in [0.2, 0.25) is 15.9 Å². The Morgan fingerprint density at radius 3 is 2.21 bits per heavy atom. The summed E-state index contributed by atoms with van der Waals surface area (Å²) in [5.74, 6) is 0.167. The van der Waals surface area contributed by atoms with Crippen LogP contribution in [-0.4, -0.2) is 41.5 Å². The maximum absolute atomic E-state index is 12.9. The van der Waals surface area contributed by atoms with Crippen LogP contribution in [0.2, 0.25) is 0 Å². The SMILES string of the molecule is CCN(CC)S(=O)(=O)c1c(C)nn(CC(=O)Nc2ccc(C(C)C)cc2)c1C. The first-order valence-corrected chi connectivity index (χ1v) is 11.0. The van der Waals surface area contributed by atoms with Gasteiger partial charge in [-0.2, -0.15) is 9.40 Å². The number of aromatic nitrogens is 2. The average molecular weight is 407 g/mol. The van der Waals surface area contributed by atoms with Crippen molar-refractivity contribution in [2.75, 3.05) is 18.4 Å². The van der Waals surface area contributed by atoms with Crippen LogP contribution >= 0.6 is 0 Å². The standard InChI is InChI=1S/C20H30N4O3S/c1-7-23(8-2)28(26,27)20-15(5)22-24(16(20)6)13-19(25)21-18-11-9-17(10-12-18)14(3)4/h9-12,14H,7-8,13H2,1-6H3,(H,21,25). The Bertz CT molecular complexity index is 927. The fourth-order valence-electron chi connectivity index (χ4n) is 3.19. The molecule has 8 heteroatoms. The molecule has 2 rings (SSSR count). The minimum atomic E-state index is -3.63. The molecular formula is C20H30N4O3S. The molecule has 1 heterocycles. The maximum Gasteiger partial charge on any atom is 0.246 e. The average Bonchev–Trinajstić information content (AvgIpc) is 2.90. The first kappa shape index (κ1) is 22.1. The highest BCUT2D eigenvalue weighted by atomic mass is 32.2. The summed E-state index contributed by atoms with van der Waals surface area (Å²) in [6, 6.07) is 7.70. The summed E-state index contributed by atoms with van der Waals surface area (Å²) in [4.78, 5) is 12.6. The molecule has 0 saturated heterocycles. The number of aryl methyl sites for hydroxylation is 1. The number of hydrogen-bond donors (Lipinski definition) is 1. The van der Waals surface area contributed by atoms with Crippen LogP contribution in [-0.2, 0) is 21.4 Å². The van der Waals surface area contributed by atoms with Crippen molar-refractivity contribution in [2.45, 2.75) is 58.9 Å². The van der Waals surface area contributed by atoms with Crippen molar-refractivity contribution in [3.8, 4) is 0 Å². The van der Waals surface area contributed by atoms with Crippen molar-refractivity contribution in [1.29, 1.82) is 0 Å². The summed E-state index contributed by atoms with van der Waals surface area (Å²) in [7, 11) is -3.63. The summed E-state index contributed by atoms with van der Waals surface area (Å²) in [6.45, 7) is 11.9. The van der Waals surface area contributed by atoms with Crippen molar-refractivity contribution in [3.05, 3.63) is 41.2 Å². The van der Waals surface area contributed by atoms with E-state index in [0.717, 1.165) is 0 Å². The van der Waals surface area contributed by atoms with E-state index in [-0.39, 0.29) is 17.3 Å². The molecule has 1 N–H and O–H groups in total. The second-order valence-electron chi connectivity index (χ2n) is 7.07. The highest BCUT2D eigenvalue weighted by molar-refractivity contribution is 7.89. The lowest BCUT2D eigenvalue weighted by Crippen LogP contribution is -2.31. The molecule has 0 bridgehead atoms. The maximum atomic E-state index is 12.9. The van der Waals surface area contributed by atoms with Crippen LogP contribution in [0.25, 0.3) is 0 Å². The van der Waals surface area contributed by atoms with Gasteiger partial charge in [0.15, 0.2) is 0 Å². The van der Waals surface area contributed by atoms with E-state index in [4.69, 9.17) is 0 Å².